The first-order valence-electron chi connectivity index (χ1n) is 6.32. The molecule has 17 heavy (non-hydrogen) atoms. The van der Waals surface area contributed by atoms with Gasteiger partial charge >= 0.3 is 0 Å². The van der Waals surface area contributed by atoms with Crippen molar-refractivity contribution in [1.82, 2.24) is 10.2 Å². The van der Waals surface area contributed by atoms with Crippen LogP contribution in [0.1, 0.15) is 27.2 Å². The summed E-state index contributed by atoms with van der Waals surface area (Å²) >= 11 is 0. The first kappa shape index (κ1) is 16.4. The molecule has 5 heteroatoms. The average molecular weight is 245 g/mol. The van der Waals surface area contributed by atoms with Crippen LogP contribution in [0.5, 0.6) is 0 Å². The Hall–Kier alpha value is -0.650. The van der Waals surface area contributed by atoms with Gasteiger partial charge in [-0.05, 0) is 20.4 Å². The van der Waals surface area contributed by atoms with Gasteiger partial charge in [-0.2, -0.15) is 0 Å². The van der Waals surface area contributed by atoms with Crippen molar-refractivity contribution in [3.8, 4) is 0 Å². The zero-order valence-electron chi connectivity index (χ0n) is 11.5. The molecule has 2 atom stereocenters. The lowest BCUT2D eigenvalue weighted by molar-refractivity contribution is -0.122. The van der Waals surface area contributed by atoms with Gasteiger partial charge in [0.25, 0.3) is 0 Å². The second kappa shape index (κ2) is 9.39. The van der Waals surface area contributed by atoms with Gasteiger partial charge in [-0.15, -0.1) is 0 Å². The summed E-state index contributed by atoms with van der Waals surface area (Å²) in [7, 11) is 1.69. The number of carbonyl (C=O) groups excluding carboxylic acids is 1. The van der Waals surface area contributed by atoms with Gasteiger partial charge in [0.15, 0.2) is 0 Å². The lowest BCUT2D eigenvalue weighted by atomic mass is 10.1. The highest BCUT2D eigenvalue weighted by atomic mass is 16.5. The Balaban J connectivity index is 4.41. The summed E-state index contributed by atoms with van der Waals surface area (Å²) in [6.45, 7) is 8.75. The number of hydrogen-bond acceptors (Lipinski definition) is 4. The van der Waals surface area contributed by atoms with Crippen LogP contribution in [-0.4, -0.2) is 56.2 Å². The molecular formula is C12H27N3O2. The first-order chi connectivity index (χ1) is 8.10. The number of carbonyl (C=O) groups is 1. The van der Waals surface area contributed by atoms with Crippen molar-refractivity contribution in [1.29, 1.82) is 0 Å². The van der Waals surface area contributed by atoms with Crippen LogP contribution in [0.4, 0.5) is 0 Å². The summed E-state index contributed by atoms with van der Waals surface area (Å²) in [5.74, 6) is 0.0611. The van der Waals surface area contributed by atoms with Gasteiger partial charge in [-0.1, -0.05) is 6.92 Å². The van der Waals surface area contributed by atoms with E-state index in [2.05, 4.69) is 24.1 Å². The van der Waals surface area contributed by atoms with E-state index in [1.165, 1.54) is 0 Å². The molecule has 2 unspecified atom stereocenters. The Morgan fingerprint density at radius 3 is 2.53 bits per heavy atom. The van der Waals surface area contributed by atoms with Crippen molar-refractivity contribution < 1.29 is 9.53 Å². The molecule has 0 saturated carbocycles. The van der Waals surface area contributed by atoms with E-state index in [4.69, 9.17) is 10.5 Å². The number of ether oxygens (including phenoxy) is 1. The molecule has 0 aromatic heterocycles. The van der Waals surface area contributed by atoms with E-state index in [1.807, 2.05) is 6.92 Å². The minimum absolute atomic E-state index is 0.0611. The monoisotopic (exact) mass is 245 g/mol. The molecule has 1 amide bonds. The molecule has 0 fully saturated rings. The third kappa shape index (κ3) is 6.00. The standard InChI is InChI=1S/C12H27N3O2/c1-5-14-12(16)7-11(8-13)15(6-2)10(3)9-17-4/h10-11H,5-9,13H2,1-4H3,(H,14,16). The summed E-state index contributed by atoms with van der Waals surface area (Å²) in [6.07, 6.45) is 0.451. The smallest absolute Gasteiger partial charge is 0.221 e. The van der Waals surface area contributed by atoms with E-state index in [0.29, 0.717) is 26.1 Å². The van der Waals surface area contributed by atoms with E-state index in [-0.39, 0.29) is 18.0 Å². The van der Waals surface area contributed by atoms with Gasteiger partial charge in [-0.3, -0.25) is 9.69 Å². The molecule has 5 nitrogen and oxygen atoms in total. The summed E-state index contributed by atoms with van der Waals surface area (Å²) in [6, 6.07) is 0.352. The molecule has 3 N–H and O–H groups in total. The van der Waals surface area contributed by atoms with Gasteiger partial charge < -0.3 is 15.8 Å². The molecule has 0 aliphatic rings. The van der Waals surface area contributed by atoms with Crippen LogP contribution in [0.25, 0.3) is 0 Å². The fourth-order valence-electron chi connectivity index (χ4n) is 2.09. The lowest BCUT2D eigenvalue weighted by Crippen LogP contribution is -2.49. The van der Waals surface area contributed by atoms with Crippen LogP contribution in [0, 0.1) is 0 Å². The zero-order chi connectivity index (χ0) is 13.3. The Labute approximate surface area is 105 Å². The quantitative estimate of drug-likeness (QED) is 0.609. The third-order valence-corrected chi connectivity index (χ3v) is 2.88. The molecule has 0 radical (unpaired) electrons. The van der Waals surface area contributed by atoms with E-state index < -0.39 is 0 Å². The van der Waals surface area contributed by atoms with Crippen molar-refractivity contribution in [3.05, 3.63) is 0 Å². The van der Waals surface area contributed by atoms with Crippen LogP contribution >= 0.6 is 0 Å². The molecule has 0 aromatic carbocycles. The van der Waals surface area contributed by atoms with Crippen molar-refractivity contribution in [2.75, 3.05) is 33.4 Å². The minimum atomic E-state index is 0.0611. The number of nitrogens with one attached hydrogen (secondary N) is 1. The number of rotatable bonds is 9. The average Bonchev–Trinajstić information content (AvgIpc) is 2.29. The van der Waals surface area contributed by atoms with Gasteiger partial charge in [0.05, 0.1) is 6.61 Å². The van der Waals surface area contributed by atoms with Crippen LogP contribution in [0.3, 0.4) is 0 Å². The van der Waals surface area contributed by atoms with Gasteiger partial charge in [-0.25, -0.2) is 0 Å². The Morgan fingerprint density at radius 1 is 1.47 bits per heavy atom. The highest BCUT2D eigenvalue weighted by Crippen LogP contribution is 2.09. The maximum atomic E-state index is 11.6. The van der Waals surface area contributed by atoms with Gasteiger partial charge in [0.2, 0.25) is 5.91 Å². The fraction of sp³-hybridized carbons (Fsp3) is 0.917. The second-order valence-corrected chi connectivity index (χ2v) is 4.18. The third-order valence-electron chi connectivity index (χ3n) is 2.88. The van der Waals surface area contributed by atoms with Gasteiger partial charge in [0, 0.05) is 38.7 Å². The number of nitrogens with zero attached hydrogens (tertiary/aromatic N) is 1. The maximum absolute atomic E-state index is 11.6. The van der Waals surface area contributed by atoms with Crippen LogP contribution in [-0.2, 0) is 9.53 Å². The van der Waals surface area contributed by atoms with Crippen molar-refractivity contribution in [2.24, 2.45) is 5.73 Å². The van der Waals surface area contributed by atoms with E-state index in [1.54, 1.807) is 7.11 Å². The number of nitrogens with two attached hydrogens (primary N) is 1. The maximum Gasteiger partial charge on any atom is 0.221 e. The molecular weight excluding hydrogens is 218 g/mol. The lowest BCUT2D eigenvalue weighted by Gasteiger charge is -2.34. The fourth-order valence-corrected chi connectivity index (χ4v) is 2.09. The predicted molar refractivity (Wildman–Crippen MR) is 69.9 cm³/mol. The van der Waals surface area contributed by atoms with E-state index in [9.17, 15) is 4.79 Å². The molecule has 0 aromatic rings. The summed E-state index contributed by atoms with van der Waals surface area (Å²) in [5.41, 5.74) is 5.77. The predicted octanol–water partition coefficient (Wildman–Crippen LogP) is 0.197. The molecule has 0 aliphatic heterocycles. The molecule has 0 spiro atoms. The van der Waals surface area contributed by atoms with Crippen molar-refractivity contribution in [3.63, 3.8) is 0 Å². The highest BCUT2D eigenvalue weighted by molar-refractivity contribution is 5.76. The molecule has 0 heterocycles. The zero-order valence-corrected chi connectivity index (χ0v) is 11.5. The number of amides is 1. The second-order valence-electron chi connectivity index (χ2n) is 4.18. The highest BCUT2D eigenvalue weighted by Gasteiger charge is 2.23. The van der Waals surface area contributed by atoms with E-state index in [0.717, 1.165) is 6.54 Å². The van der Waals surface area contributed by atoms with Crippen LogP contribution in [0.15, 0.2) is 0 Å². The Bertz CT molecular complexity index is 212. The number of likely N-dealkylation sites (N-methyl/N-ethyl adjacent to an activating group) is 1. The van der Waals surface area contributed by atoms with Crippen molar-refractivity contribution >= 4 is 5.91 Å². The summed E-state index contributed by atoms with van der Waals surface area (Å²) < 4.78 is 5.15. The molecule has 0 rings (SSSR count). The van der Waals surface area contributed by atoms with E-state index >= 15 is 0 Å². The molecule has 0 saturated heterocycles. The summed E-state index contributed by atoms with van der Waals surface area (Å²) in [4.78, 5) is 13.8. The summed E-state index contributed by atoms with van der Waals surface area (Å²) in [5, 5.41) is 2.81. The first-order valence-corrected chi connectivity index (χ1v) is 6.32. The molecule has 0 aliphatic carbocycles. The van der Waals surface area contributed by atoms with Crippen LogP contribution < -0.4 is 11.1 Å². The Kier molecular flexibility index (Phi) is 9.03. The SMILES string of the molecule is CCNC(=O)CC(CN)N(CC)C(C)COC. The minimum Gasteiger partial charge on any atom is -0.383 e. The normalized spacial score (nSPS) is 14.7. The largest absolute Gasteiger partial charge is 0.383 e. The van der Waals surface area contributed by atoms with Crippen molar-refractivity contribution in [2.45, 2.75) is 39.3 Å². The molecule has 0 bridgehead atoms. The number of hydrogen-bond donors (Lipinski definition) is 2. The van der Waals surface area contributed by atoms with Gasteiger partial charge in [0.1, 0.15) is 0 Å². The number of methoxy groups -OCH3 is 1. The Morgan fingerprint density at radius 2 is 2.12 bits per heavy atom. The molecule has 102 valence electrons. The topological polar surface area (TPSA) is 67.6 Å². The van der Waals surface area contributed by atoms with Crippen LogP contribution in [0.2, 0.25) is 0 Å².